The summed E-state index contributed by atoms with van der Waals surface area (Å²) in [6.07, 6.45) is -2.15. The van der Waals surface area contributed by atoms with Crippen molar-refractivity contribution in [2.75, 3.05) is 13.1 Å². The van der Waals surface area contributed by atoms with E-state index in [4.69, 9.17) is 4.98 Å². The summed E-state index contributed by atoms with van der Waals surface area (Å²) < 4.78 is 38.1. The van der Waals surface area contributed by atoms with Crippen LogP contribution in [-0.4, -0.2) is 28.0 Å². The Hall–Kier alpha value is -2.34. The molecule has 0 saturated carbocycles. The number of rotatable bonds is 3. The van der Waals surface area contributed by atoms with Crippen molar-refractivity contribution in [3.05, 3.63) is 65.5 Å². The number of para-hydroxylation sites is 2. The van der Waals surface area contributed by atoms with Crippen LogP contribution < -0.4 is 0 Å². The van der Waals surface area contributed by atoms with E-state index in [-0.39, 0.29) is 0 Å². The summed E-state index contributed by atoms with van der Waals surface area (Å²) in [5.41, 5.74) is 2.33. The summed E-state index contributed by atoms with van der Waals surface area (Å²) in [6, 6.07) is 13.5. The molecule has 0 aliphatic carbocycles. The van der Waals surface area contributed by atoms with Crippen LogP contribution in [0.3, 0.4) is 0 Å². The maximum absolute atomic E-state index is 12.7. The molecule has 0 bridgehead atoms. The van der Waals surface area contributed by atoms with E-state index in [0.29, 0.717) is 12.5 Å². The van der Waals surface area contributed by atoms with Crippen LogP contribution >= 0.6 is 0 Å². The Morgan fingerprint density at radius 2 is 1.85 bits per heavy atom. The molecule has 3 aromatic rings. The molecule has 1 fully saturated rings. The van der Waals surface area contributed by atoms with E-state index in [2.05, 4.69) is 9.88 Å². The van der Waals surface area contributed by atoms with Crippen molar-refractivity contribution >= 4 is 11.0 Å². The number of likely N-dealkylation sites (tertiary alicyclic amines) is 1. The molecule has 26 heavy (non-hydrogen) atoms. The first-order valence-electron chi connectivity index (χ1n) is 8.82. The van der Waals surface area contributed by atoms with Crippen LogP contribution in [0.2, 0.25) is 0 Å². The van der Waals surface area contributed by atoms with Crippen LogP contribution in [0.15, 0.2) is 48.5 Å². The van der Waals surface area contributed by atoms with E-state index in [1.165, 1.54) is 0 Å². The molecular formula is C20H20F3N3. The van der Waals surface area contributed by atoms with Gasteiger partial charge in [-0.05, 0) is 49.2 Å². The zero-order valence-corrected chi connectivity index (χ0v) is 14.3. The monoisotopic (exact) mass is 359 g/mol. The molecule has 6 heteroatoms. The second-order valence-corrected chi connectivity index (χ2v) is 6.91. The van der Waals surface area contributed by atoms with Gasteiger partial charge in [-0.25, -0.2) is 4.98 Å². The summed E-state index contributed by atoms with van der Waals surface area (Å²) in [4.78, 5) is 10.4. The number of imidazole rings is 1. The number of hydrogen-bond acceptors (Lipinski definition) is 2. The van der Waals surface area contributed by atoms with Crippen LogP contribution in [0.5, 0.6) is 0 Å². The van der Waals surface area contributed by atoms with Gasteiger partial charge in [0, 0.05) is 19.0 Å². The minimum atomic E-state index is -4.28. The Morgan fingerprint density at radius 3 is 2.58 bits per heavy atom. The molecule has 0 unspecified atom stereocenters. The normalized spacial score (nSPS) is 19.1. The van der Waals surface area contributed by atoms with Crippen LogP contribution in [0.4, 0.5) is 13.2 Å². The first-order chi connectivity index (χ1) is 12.5. The molecular weight excluding hydrogens is 339 g/mol. The van der Waals surface area contributed by atoms with Gasteiger partial charge in [-0.3, -0.25) is 4.90 Å². The highest BCUT2D eigenvalue weighted by Gasteiger charge is 2.30. The van der Waals surface area contributed by atoms with Crippen molar-refractivity contribution < 1.29 is 13.2 Å². The Bertz CT molecular complexity index is 850. The van der Waals surface area contributed by atoms with Crippen molar-refractivity contribution in [3.8, 4) is 0 Å². The average Bonchev–Trinajstić information content (AvgIpc) is 3.06. The lowest BCUT2D eigenvalue weighted by Gasteiger charge is -2.31. The number of alkyl halides is 3. The lowest BCUT2D eigenvalue weighted by atomic mass is 9.97. The standard InChI is InChI=1S/C20H20F3N3/c21-20(22,23)16-9-7-14(8-10-16)12-26-11-3-4-15(13-26)19-24-17-5-1-2-6-18(17)25-19/h1-2,5-10,15H,3-4,11-13H2,(H,24,25)/t15-/m0/s1. The van der Waals surface area contributed by atoms with Gasteiger partial charge in [0.05, 0.1) is 16.6 Å². The summed E-state index contributed by atoms with van der Waals surface area (Å²) in [6.45, 7) is 2.48. The van der Waals surface area contributed by atoms with Crippen LogP contribution in [0.1, 0.15) is 35.7 Å². The van der Waals surface area contributed by atoms with Crippen LogP contribution in [0, 0.1) is 0 Å². The Kier molecular flexibility index (Phi) is 4.44. The van der Waals surface area contributed by atoms with Crippen molar-refractivity contribution in [3.63, 3.8) is 0 Å². The Balaban J connectivity index is 1.45. The van der Waals surface area contributed by atoms with Crippen molar-refractivity contribution in [2.45, 2.75) is 31.5 Å². The number of H-pyrrole nitrogens is 1. The van der Waals surface area contributed by atoms with E-state index >= 15 is 0 Å². The zero-order chi connectivity index (χ0) is 18.1. The third-order valence-corrected chi connectivity index (χ3v) is 4.99. The summed E-state index contributed by atoms with van der Waals surface area (Å²) in [7, 11) is 0. The minimum Gasteiger partial charge on any atom is -0.342 e. The van der Waals surface area contributed by atoms with Gasteiger partial charge >= 0.3 is 6.18 Å². The smallest absolute Gasteiger partial charge is 0.342 e. The fraction of sp³-hybridized carbons (Fsp3) is 0.350. The molecule has 1 aliphatic rings. The van der Waals surface area contributed by atoms with Gasteiger partial charge < -0.3 is 4.98 Å². The first kappa shape index (κ1) is 17.1. The highest BCUT2D eigenvalue weighted by atomic mass is 19.4. The lowest BCUT2D eigenvalue weighted by molar-refractivity contribution is -0.137. The molecule has 1 N–H and O–H groups in total. The second kappa shape index (κ2) is 6.76. The predicted molar refractivity (Wildman–Crippen MR) is 94.8 cm³/mol. The third-order valence-electron chi connectivity index (χ3n) is 4.99. The quantitative estimate of drug-likeness (QED) is 0.717. The van der Waals surface area contributed by atoms with Crippen molar-refractivity contribution in [2.24, 2.45) is 0 Å². The van der Waals surface area contributed by atoms with Gasteiger partial charge in [0.2, 0.25) is 0 Å². The topological polar surface area (TPSA) is 31.9 Å². The Morgan fingerprint density at radius 1 is 1.08 bits per heavy atom. The van der Waals surface area contributed by atoms with Gasteiger partial charge in [0.1, 0.15) is 5.82 Å². The van der Waals surface area contributed by atoms with Crippen molar-refractivity contribution in [1.29, 1.82) is 0 Å². The molecule has 4 rings (SSSR count). The largest absolute Gasteiger partial charge is 0.416 e. The summed E-state index contributed by atoms with van der Waals surface area (Å²) in [5, 5.41) is 0. The molecule has 1 aromatic heterocycles. The molecule has 1 atom stereocenters. The number of fused-ring (bicyclic) bond motifs is 1. The van der Waals surface area contributed by atoms with Crippen LogP contribution in [-0.2, 0) is 12.7 Å². The average molecular weight is 359 g/mol. The SMILES string of the molecule is FC(F)(F)c1ccc(CN2CCC[C@H](c3nc4ccccc4[nH]3)C2)cc1. The number of nitrogens with one attached hydrogen (secondary N) is 1. The summed E-state index contributed by atoms with van der Waals surface area (Å²) >= 11 is 0. The lowest BCUT2D eigenvalue weighted by Crippen LogP contribution is -2.34. The fourth-order valence-electron chi connectivity index (χ4n) is 3.65. The molecule has 0 spiro atoms. The number of piperidine rings is 1. The van der Waals surface area contributed by atoms with Crippen molar-refractivity contribution in [1.82, 2.24) is 14.9 Å². The van der Waals surface area contributed by atoms with E-state index in [1.54, 1.807) is 12.1 Å². The van der Waals surface area contributed by atoms with E-state index in [0.717, 1.165) is 60.5 Å². The molecule has 0 radical (unpaired) electrons. The summed E-state index contributed by atoms with van der Waals surface area (Å²) in [5.74, 6) is 1.33. The third kappa shape index (κ3) is 3.60. The maximum atomic E-state index is 12.7. The number of aromatic nitrogens is 2. The van der Waals surface area contributed by atoms with Gasteiger partial charge in [0.15, 0.2) is 0 Å². The van der Waals surface area contributed by atoms with Gasteiger partial charge in [0.25, 0.3) is 0 Å². The Labute approximate surface area is 149 Å². The number of halogens is 3. The number of benzene rings is 2. The van der Waals surface area contributed by atoms with E-state index in [1.807, 2.05) is 24.3 Å². The minimum absolute atomic E-state index is 0.325. The highest BCUT2D eigenvalue weighted by molar-refractivity contribution is 5.74. The van der Waals surface area contributed by atoms with Gasteiger partial charge in [-0.15, -0.1) is 0 Å². The molecule has 136 valence electrons. The van der Waals surface area contributed by atoms with Gasteiger partial charge in [-0.1, -0.05) is 24.3 Å². The van der Waals surface area contributed by atoms with E-state index in [9.17, 15) is 13.2 Å². The molecule has 2 aromatic carbocycles. The highest BCUT2D eigenvalue weighted by Crippen LogP contribution is 2.30. The molecule has 1 aliphatic heterocycles. The van der Waals surface area contributed by atoms with Crippen LogP contribution in [0.25, 0.3) is 11.0 Å². The molecule has 0 amide bonds. The number of hydrogen-bond donors (Lipinski definition) is 1. The second-order valence-electron chi connectivity index (χ2n) is 6.91. The molecule has 3 nitrogen and oxygen atoms in total. The predicted octanol–water partition coefficient (Wildman–Crippen LogP) is 4.96. The van der Waals surface area contributed by atoms with E-state index < -0.39 is 11.7 Å². The number of nitrogens with zero attached hydrogens (tertiary/aromatic N) is 2. The zero-order valence-electron chi connectivity index (χ0n) is 14.3. The molecule has 2 heterocycles. The fourth-order valence-corrected chi connectivity index (χ4v) is 3.65. The van der Waals surface area contributed by atoms with Gasteiger partial charge in [-0.2, -0.15) is 13.2 Å². The first-order valence-corrected chi connectivity index (χ1v) is 8.82. The number of aromatic amines is 1. The maximum Gasteiger partial charge on any atom is 0.416 e. The molecule has 1 saturated heterocycles.